The van der Waals surface area contributed by atoms with E-state index in [9.17, 15) is 28.8 Å². The van der Waals surface area contributed by atoms with E-state index in [1.165, 1.54) is 0 Å². The molecule has 0 bridgehead atoms. The highest BCUT2D eigenvalue weighted by Gasteiger charge is 2.42. The van der Waals surface area contributed by atoms with Gasteiger partial charge in [-0.1, -0.05) is 92.7 Å². The van der Waals surface area contributed by atoms with E-state index in [1.54, 1.807) is 54.7 Å². The maximum absolute atomic E-state index is 14.7. The first-order valence-electron chi connectivity index (χ1n) is 20.0. The largest absolute Gasteiger partial charge is 0.445 e. The van der Waals surface area contributed by atoms with Crippen molar-refractivity contribution in [3.8, 4) is 0 Å². The van der Waals surface area contributed by atoms with Gasteiger partial charge in [-0.2, -0.15) is 0 Å². The lowest BCUT2D eigenvalue weighted by atomic mass is 10.00. The fourth-order valence-electron chi connectivity index (χ4n) is 6.97. The molecule has 7 N–H and O–H groups in total. The van der Waals surface area contributed by atoms with Crippen molar-refractivity contribution in [1.82, 2.24) is 31.2 Å². The van der Waals surface area contributed by atoms with Crippen LogP contribution < -0.4 is 27.0 Å². The van der Waals surface area contributed by atoms with Gasteiger partial charge in [0.15, 0.2) is 0 Å². The zero-order valence-corrected chi connectivity index (χ0v) is 33.2. The van der Waals surface area contributed by atoms with Crippen LogP contribution in [0.4, 0.5) is 4.79 Å². The van der Waals surface area contributed by atoms with Crippen molar-refractivity contribution in [1.29, 1.82) is 0 Å². The number of nitrogens with two attached hydrogens (primary N) is 1. The van der Waals surface area contributed by atoms with Crippen molar-refractivity contribution in [3.63, 3.8) is 0 Å². The molecule has 0 aliphatic carbocycles. The topological polar surface area (TPSA) is 205 Å². The molecule has 1 aromatic heterocycles. The summed E-state index contributed by atoms with van der Waals surface area (Å²) >= 11 is 0. The number of rotatable bonds is 18. The summed E-state index contributed by atoms with van der Waals surface area (Å²) in [7, 11) is 0. The molecule has 0 saturated carbocycles. The molecule has 1 fully saturated rings. The van der Waals surface area contributed by atoms with Crippen LogP contribution in [0, 0.1) is 5.92 Å². The van der Waals surface area contributed by atoms with Gasteiger partial charge in [0.25, 0.3) is 5.91 Å². The van der Waals surface area contributed by atoms with Crippen molar-refractivity contribution in [3.05, 3.63) is 108 Å². The van der Waals surface area contributed by atoms with Crippen LogP contribution in [0.15, 0.2) is 91.1 Å². The first-order valence-corrected chi connectivity index (χ1v) is 20.0. The number of benzene rings is 3. The van der Waals surface area contributed by atoms with Gasteiger partial charge in [-0.3, -0.25) is 28.9 Å². The Kier molecular flexibility index (Phi) is 16.0. The Morgan fingerprint density at radius 2 is 1.57 bits per heavy atom. The number of ether oxygens (including phenoxy) is 1. The van der Waals surface area contributed by atoms with Crippen LogP contribution in [0.3, 0.4) is 0 Å². The summed E-state index contributed by atoms with van der Waals surface area (Å²) in [5.74, 6) is -2.92. The van der Waals surface area contributed by atoms with Gasteiger partial charge in [-0.25, -0.2) is 4.79 Å². The number of unbranched alkanes of at least 4 members (excludes halogenated alkanes) is 1. The first-order chi connectivity index (χ1) is 28.0. The Bertz CT molecular complexity index is 2000. The Hall–Kier alpha value is -6.02. The second kappa shape index (κ2) is 21.5. The van der Waals surface area contributed by atoms with Crippen LogP contribution in [0.25, 0.3) is 10.9 Å². The van der Waals surface area contributed by atoms with Crippen molar-refractivity contribution >= 4 is 46.5 Å². The number of imide groups is 1. The Morgan fingerprint density at radius 1 is 0.879 bits per heavy atom. The summed E-state index contributed by atoms with van der Waals surface area (Å²) in [6, 6.07) is 20.7. The third-order valence-electron chi connectivity index (χ3n) is 10.2. The molecule has 6 amide bonds. The lowest BCUT2D eigenvalue weighted by Crippen LogP contribution is -2.60. The molecule has 2 heterocycles. The van der Waals surface area contributed by atoms with Crippen molar-refractivity contribution in [2.75, 3.05) is 13.1 Å². The minimum absolute atomic E-state index is 0.00104. The molecule has 4 aromatic rings. The number of nitrogens with one attached hydrogen (secondary N) is 5. The van der Waals surface area contributed by atoms with E-state index >= 15 is 0 Å². The Balaban J connectivity index is 1.44. The van der Waals surface area contributed by atoms with Gasteiger partial charge in [0.1, 0.15) is 30.8 Å². The predicted molar refractivity (Wildman–Crippen MR) is 220 cm³/mol. The van der Waals surface area contributed by atoms with Crippen molar-refractivity contribution < 1.29 is 33.5 Å². The molecule has 3 aromatic carbocycles. The molecule has 0 spiro atoms. The lowest BCUT2D eigenvalue weighted by Gasteiger charge is -2.33. The standard InChI is InChI=1S/C44H55N7O7/c1-29(2)22-24-46-40(53)36(26-32-27-47-34-18-10-9-17-33(32)34)48-42(55)38(19-11-12-23-45)51-39(52)21-20-35(50-44(57)58-28-31-15-7-4-8-16-31)41(54)49-37(43(51)56)25-30-13-5-3-6-14-30/h3-10,13-18,27,29,35-38,47H,11-12,19-26,28,45H2,1-2H3,(H,46,53)(H,48,55)(H,49,54)(H,50,57)/t35?,36-,37-,38-/m0/s1. The summed E-state index contributed by atoms with van der Waals surface area (Å²) in [6.45, 7) is 4.77. The normalized spacial score (nSPS) is 17.1. The van der Waals surface area contributed by atoms with E-state index in [-0.39, 0.29) is 38.7 Å². The summed E-state index contributed by atoms with van der Waals surface area (Å²) in [6.07, 6.45) is 2.24. The highest BCUT2D eigenvalue weighted by molar-refractivity contribution is 6.05. The maximum Gasteiger partial charge on any atom is 0.408 e. The van der Waals surface area contributed by atoms with Crippen LogP contribution in [0.1, 0.15) is 69.1 Å². The van der Waals surface area contributed by atoms with Gasteiger partial charge in [-0.15, -0.1) is 0 Å². The second-order valence-electron chi connectivity index (χ2n) is 15.0. The minimum Gasteiger partial charge on any atom is -0.445 e. The number of alkyl carbamates (subject to hydrolysis) is 1. The number of carbonyl (C=O) groups excluding carboxylic acids is 6. The van der Waals surface area contributed by atoms with E-state index in [0.717, 1.165) is 33.4 Å². The monoisotopic (exact) mass is 793 g/mol. The summed E-state index contributed by atoms with van der Waals surface area (Å²) in [5.41, 5.74) is 8.95. The van der Waals surface area contributed by atoms with Gasteiger partial charge in [0.05, 0.1) is 0 Å². The lowest BCUT2D eigenvalue weighted by molar-refractivity contribution is -0.154. The van der Waals surface area contributed by atoms with E-state index < -0.39 is 59.8 Å². The first kappa shape index (κ1) is 43.1. The third-order valence-corrected chi connectivity index (χ3v) is 10.2. The zero-order valence-electron chi connectivity index (χ0n) is 33.2. The maximum atomic E-state index is 14.7. The molecule has 1 aliphatic heterocycles. The summed E-state index contributed by atoms with van der Waals surface area (Å²) in [5, 5.41) is 12.1. The van der Waals surface area contributed by atoms with E-state index in [0.29, 0.717) is 37.4 Å². The highest BCUT2D eigenvalue weighted by Crippen LogP contribution is 2.22. The van der Waals surface area contributed by atoms with Crippen LogP contribution in [-0.4, -0.2) is 82.8 Å². The zero-order chi connectivity index (χ0) is 41.4. The van der Waals surface area contributed by atoms with Crippen LogP contribution in [0.5, 0.6) is 0 Å². The van der Waals surface area contributed by atoms with Crippen LogP contribution in [-0.2, 0) is 48.2 Å². The highest BCUT2D eigenvalue weighted by atomic mass is 16.5. The van der Waals surface area contributed by atoms with E-state index in [2.05, 4.69) is 26.3 Å². The smallest absolute Gasteiger partial charge is 0.408 e. The van der Waals surface area contributed by atoms with Gasteiger partial charge in [0.2, 0.25) is 23.6 Å². The molecule has 4 atom stereocenters. The number of para-hydroxylation sites is 1. The number of hydrogen-bond donors (Lipinski definition) is 6. The molecule has 14 nitrogen and oxygen atoms in total. The fraction of sp³-hybridized carbons (Fsp3) is 0.409. The SMILES string of the molecule is CC(C)CCNC(=O)[C@H](Cc1c[nH]c2ccccc12)NC(=O)[C@H](CCCCN)N1C(=O)CCC(NC(=O)OCc2ccccc2)C(=O)N[C@@H](Cc2ccccc2)C1=O. The van der Waals surface area contributed by atoms with Crippen LogP contribution in [0.2, 0.25) is 0 Å². The summed E-state index contributed by atoms with van der Waals surface area (Å²) < 4.78 is 5.36. The Morgan fingerprint density at radius 3 is 2.28 bits per heavy atom. The molecular weight excluding hydrogens is 739 g/mol. The number of H-pyrrole nitrogens is 1. The molecule has 5 rings (SSSR count). The Labute approximate surface area is 339 Å². The van der Waals surface area contributed by atoms with E-state index in [4.69, 9.17) is 10.5 Å². The molecular formula is C44H55N7O7. The number of aromatic nitrogens is 1. The molecule has 0 radical (unpaired) electrons. The molecule has 14 heteroatoms. The number of aromatic amines is 1. The van der Waals surface area contributed by atoms with Crippen molar-refractivity contribution in [2.45, 2.75) is 96.0 Å². The molecule has 1 unspecified atom stereocenters. The fourth-order valence-corrected chi connectivity index (χ4v) is 6.97. The molecule has 58 heavy (non-hydrogen) atoms. The minimum atomic E-state index is -1.34. The number of amides is 6. The summed E-state index contributed by atoms with van der Waals surface area (Å²) in [4.78, 5) is 88.3. The van der Waals surface area contributed by atoms with Gasteiger partial charge >= 0.3 is 6.09 Å². The predicted octanol–water partition coefficient (Wildman–Crippen LogP) is 4.03. The number of fused-ring (bicyclic) bond motifs is 1. The van der Waals surface area contributed by atoms with E-state index in [1.807, 2.05) is 50.2 Å². The third kappa shape index (κ3) is 12.2. The molecule has 1 aliphatic rings. The van der Waals surface area contributed by atoms with Crippen molar-refractivity contribution in [2.24, 2.45) is 11.7 Å². The number of hydrogen-bond acceptors (Lipinski definition) is 8. The molecule has 308 valence electrons. The van der Waals surface area contributed by atoms with Gasteiger partial charge in [0, 0.05) is 42.9 Å². The quantitative estimate of drug-likeness (QED) is 0.0640. The van der Waals surface area contributed by atoms with Gasteiger partial charge in [-0.05, 0) is 67.3 Å². The van der Waals surface area contributed by atoms with Crippen LogP contribution >= 0.6 is 0 Å². The molecule has 1 saturated heterocycles. The number of nitrogens with zero attached hydrogens (tertiary/aromatic N) is 1. The average Bonchev–Trinajstić information content (AvgIpc) is 3.64. The average molecular weight is 794 g/mol. The number of carbonyl (C=O) groups is 6. The van der Waals surface area contributed by atoms with Gasteiger partial charge < -0.3 is 36.7 Å². The second-order valence-corrected chi connectivity index (χ2v) is 15.0.